The standard InChI is InChI=1S/C23H18N6O4S/c30-22(14-34-23-24-26-27-28(23)13-16-6-3-9-31-16)29-18(20-8-4-10-32-20)12-17(25-29)21-11-15-5-1-2-7-19(15)33-21/h1-11,18H,12-14H2/t18-/m1/s1. The number of nitrogens with zero attached hydrogens (tertiary/aromatic N) is 6. The number of furan rings is 3. The van der Waals surface area contributed by atoms with E-state index in [2.05, 4.69) is 20.6 Å². The smallest absolute Gasteiger partial charge is 0.253 e. The number of amides is 1. The van der Waals surface area contributed by atoms with Gasteiger partial charge in [0.05, 0.1) is 18.3 Å². The lowest BCUT2D eigenvalue weighted by Crippen LogP contribution is -2.28. The molecule has 1 atom stereocenters. The molecule has 5 heterocycles. The van der Waals surface area contributed by atoms with Gasteiger partial charge in [-0.3, -0.25) is 4.79 Å². The second-order valence-corrected chi connectivity index (χ2v) is 8.60. The first kappa shape index (κ1) is 20.5. The van der Waals surface area contributed by atoms with Crippen molar-refractivity contribution in [3.05, 3.63) is 84.4 Å². The van der Waals surface area contributed by atoms with Crippen LogP contribution >= 0.6 is 11.8 Å². The van der Waals surface area contributed by atoms with E-state index in [1.807, 2.05) is 42.5 Å². The Kier molecular flexibility index (Phi) is 5.22. The molecule has 0 spiro atoms. The number of para-hydroxylation sites is 1. The van der Waals surface area contributed by atoms with E-state index in [4.69, 9.17) is 13.3 Å². The zero-order valence-electron chi connectivity index (χ0n) is 17.8. The molecular formula is C23H18N6O4S. The van der Waals surface area contributed by atoms with Crippen LogP contribution in [0, 0.1) is 0 Å². The Hall–Kier alpha value is -4.12. The molecule has 0 fully saturated rings. The molecule has 34 heavy (non-hydrogen) atoms. The van der Waals surface area contributed by atoms with E-state index in [0.29, 0.717) is 35.4 Å². The molecule has 10 nitrogen and oxygen atoms in total. The summed E-state index contributed by atoms with van der Waals surface area (Å²) in [6, 6.07) is 16.6. The zero-order valence-corrected chi connectivity index (χ0v) is 18.6. The van der Waals surface area contributed by atoms with Crippen molar-refractivity contribution in [3.63, 3.8) is 0 Å². The zero-order chi connectivity index (χ0) is 22.9. The van der Waals surface area contributed by atoms with Gasteiger partial charge in [-0.25, -0.2) is 9.69 Å². The fourth-order valence-electron chi connectivity index (χ4n) is 3.86. The average molecular weight is 475 g/mol. The summed E-state index contributed by atoms with van der Waals surface area (Å²) in [5.74, 6) is 1.94. The van der Waals surface area contributed by atoms with Crippen LogP contribution in [0.5, 0.6) is 0 Å². The summed E-state index contributed by atoms with van der Waals surface area (Å²) in [6.45, 7) is 0.379. The van der Waals surface area contributed by atoms with E-state index in [1.54, 1.807) is 29.3 Å². The summed E-state index contributed by atoms with van der Waals surface area (Å²) in [6.07, 6.45) is 3.67. The molecule has 0 radical (unpaired) electrons. The Morgan fingerprint density at radius 3 is 2.79 bits per heavy atom. The molecule has 0 unspecified atom stereocenters. The molecule has 1 aliphatic heterocycles. The van der Waals surface area contributed by atoms with E-state index < -0.39 is 0 Å². The van der Waals surface area contributed by atoms with Gasteiger partial charge < -0.3 is 13.3 Å². The van der Waals surface area contributed by atoms with Crippen molar-refractivity contribution in [2.24, 2.45) is 5.10 Å². The number of aromatic nitrogens is 4. The molecule has 6 rings (SSSR count). The van der Waals surface area contributed by atoms with E-state index in [-0.39, 0.29) is 17.7 Å². The van der Waals surface area contributed by atoms with Gasteiger partial charge in [0.25, 0.3) is 5.91 Å². The third-order valence-electron chi connectivity index (χ3n) is 5.46. The lowest BCUT2D eigenvalue weighted by molar-refractivity contribution is -0.130. The van der Waals surface area contributed by atoms with Gasteiger partial charge in [0.1, 0.15) is 35.4 Å². The fourth-order valence-corrected chi connectivity index (χ4v) is 4.59. The van der Waals surface area contributed by atoms with Crippen LogP contribution in [0.1, 0.15) is 29.7 Å². The minimum atomic E-state index is -0.356. The molecule has 0 saturated carbocycles. The van der Waals surface area contributed by atoms with Gasteiger partial charge in [-0.15, -0.1) is 5.10 Å². The molecule has 170 valence electrons. The number of carbonyl (C=O) groups is 1. The van der Waals surface area contributed by atoms with Crippen molar-refractivity contribution in [2.75, 3.05) is 5.75 Å². The molecule has 11 heteroatoms. The van der Waals surface area contributed by atoms with Crippen LogP contribution in [0.4, 0.5) is 0 Å². The van der Waals surface area contributed by atoms with Crippen LogP contribution in [0.25, 0.3) is 11.0 Å². The lowest BCUT2D eigenvalue weighted by Gasteiger charge is -2.19. The number of rotatable bonds is 7. The predicted molar refractivity (Wildman–Crippen MR) is 122 cm³/mol. The van der Waals surface area contributed by atoms with Crippen LogP contribution in [-0.4, -0.2) is 42.6 Å². The Bertz CT molecular complexity index is 1420. The quantitative estimate of drug-likeness (QED) is 0.324. The number of hydrogen-bond donors (Lipinski definition) is 0. The van der Waals surface area contributed by atoms with Crippen molar-refractivity contribution < 1.29 is 18.0 Å². The summed E-state index contributed by atoms with van der Waals surface area (Å²) in [5.41, 5.74) is 1.47. The van der Waals surface area contributed by atoms with Crippen LogP contribution < -0.4 is 0 Å². The summed E-state index contributed by atoms with van der Waals surface area (Å²) in [5, 5.41) is 19.4. The second kappa shape index (κ2) is 8.67. The largest absolute Gasteiger partial charge is 0.467 e. The van der Waals surface area contributed by atoms with Gasteiger partial charge in [-0.2, -0.15) is 5.10 Å². The number of fused-ring (bicyclic) bond motifs is 1. The monoisotopic (exact) mass is 474 g/mol. The summed E-state index contributed by atoms with van der Waals surface area (Å²) in [4.78, 5) is 13.3. The second-order valence-electron chi connectivity index (χ2n) is 7.66. The van der Waals surface area contributed by atoms with Gasteiger partial charge in [-0.1, -0.05) is 30.0 Å². The molecule has 0 bridgehead atoms. The summed E-state index contributed by atoms with van der Waals surface area (Å²) in [7, 11) is 0. The van der Waals surface area contributed by atoms with E-state index >= 15 is 0 Å². The van der Waals surface area contributed by atoms with E-state index in [0.717, 1.165) is 16.7 Å². The minimum absolute atomic E-state index is 0.104. The van der Waals surface area contributed by atoms with Crippen LogP contribution in [-0.2, 0) is 11.3 Å². The maximum atomic E-state index is 13.3. The van der Waals surface area contributed by atoms with Crippen molar-refractivity contribution in [1.29, 1.82) is 0 Å². The first-order chi connectivity index (χ1) is 16.7. The first-order valence-electron chi connectivity index (χ1n) is 10.6. The molecule has 1 aliphatic rings. The Morgan fingerprint density at radius 1 is 1.09 bits per heavy atom. The van der Waals surface area contributed by atoms with E-state index in [1.165, 1.54) is 16.8 Å². The SMILES string of the molecule is O=C(CSc1nnnn1Cc1ccco1)N1N=C(c2cc3ccccc3o2)C[C@@H]1c1ccco1. The highest BCUT2D eigenvalue weighted by molar-refractivity contribution is 7.99. The topological polar surface area (TPSA) is 116 Å². The maximum absolute atomic E-state index is 13.3. The Labute approximate surface area is 197 Å². The molecule has 0 aliphatic carbocycles. The highest BCUT2D eigenvalue weighted by Crippen LogP contribution is 2.35. The van der Waals surface area contributed by atoms with Crippen molar-refractivity contribution in [3.8, 4) is 0 Å². The average Bonchev–Trinajstić information content (AvgIpc) is 3.66. The third kappa shape index (κ3) is 3.90. The van der Waals surface area contributed by atoms with Gasteiger partial charge in [0.2, 0.25) is 5.16 Å². The Balaban J connectivity index is 1.22. The number of tetrazole rings is 1. The number of hydrogen-bond acceptors (Lipinski definition) is 9. The third-order valence-corrected chi connectivity index (χ3v) is 6.40. The van der Waals surface area contributed by atoms with Crippen molar-refractivity contribution in [2.45, 2.75) is 24.2 Å². The molecule has 4 aromatic heterocycles. The maximum Gasteiger partial charge on any atom is 0.253 e. The lowest BCUT2D eigenvalue weighted by atomic mass is 10.1. The first-order valence-corrected chi connectivity index (χ1v) is 11.6. The molecule has 1 aromatic carbocycles. The molecule has 1 amide bonds. The Morgan fingerprint density at radius 2 is 1.97 bits per heavy atom. The van der Waals surface area contributed by atoms with Gasteiger partial charge >= 0.3 is 0 Å². The minimum Gasteiger partial charge on any atom is -0.467 e. The van der Waals surface area contributed by atoms with Gasteiger partial charge in [0.15, 0.2) is 5.76 Å². The van der Waals surface area contributed by atoms with Gasteiger partial charge in [0, 0.05) is 11.8 Å². The molecular weight excluding hydrogens is 456 g/mol. The van der Waals surface area contributed by atoms with Crippen molar-refractivity contribution >= 4 is 34.3 Å². The summed E-state index contributed by atoms with van der Waals surface area (Å²) >= 11 is 1.24. The fraction of sp³-hybridized carbons (Fsp3) is 0.174. The molecule has 0 N–H and O–H groups in total. The van der Waals surface area contributed by atoms with Crippen LogP contribution in [0.15, 0.2) is 90.6 Å². The highest BCUT2D eigenvalue weighted by atomic mass is 32.2. The van der Waals surface area contributed by atoms with Crippen LogP contribution in [0.3, 0.4) is 0 Å². The number of thioether (sulfide) groups is 1. The van der Waals surface area contributed by atoms with Crippen molar-refractivity contribution in [1.82, 2.24) is 25.2 Å². The predicted octanol–water partition coefficient (Wildman–Crippen LogP) is 4.12. The molecule has 0 saturated heterocycles. The summed E-state index contributed by atoms with van der Waals surface area (Å²) < 4.78 is 18.6. The number of hydrazone groups is 1. The van der Waals surface area contributed by atoms with E-state index in [9.17, 15) is 4.79 Å². The number of benzene rings is 1. The van der Waals surface area contributed by atoms with Gasteiger partial charge in [-0.05, 0) is 46.8 Å². The normalized spacial score (nSPS) is 15.8. The highest BCUT2D eigenvalue weighted by Gasteiger charge is 2.36. The van der Waals surface area contributed by atoms with Crippen LogP contribution in [0.2, 0.25) is 0 Å². The number of carbonyl (C=O) groups excluding carboxylic acids is 1. The molecule has 5 aromatic rings.